The van der Waals surface area contributed by atoms with Gasteiger partial charge < -0.3 is 15.8 Å². The number of fused-ring (bicyclic) bond motifs is 1. The van der Waals surface area contributed by atoms with Crippen LogP contribution in [0.25, 0.3) is 0 Å². The maximum atomic E-state index is 12.9. The molecule has 1 aromatic carbocycles. The standard InChI is InChI=1S/C19H19F4N3O2/c20-18(21)19(22,23)10-28-16-7-4-12(9-25-16)17(27)26-15-3-1-2-11-8-13(24)5-6-14(11)15/h4-9,15,18H,1-3,10,24H2,(H,26,27). The van der Waals surface area contributed by atoms with Gasteiger partial charge >= 0.3 is 12.3 Å². The van der Waals surface area contributed by atoms with Gasteiger partial charge in [0.05, 0.1) is 11.6 Å². The Hall–Kier alpha value is -2.84. The summed E-state index contributed by atoms with van der Waals surface area (Å²) in [5.74, 6) is -4.92. The first kappa shape index (κ1) is 19.9. The number of hydrogen-bond acceptors (Lipinski definition) is 4. The summed E-state index contributed by atoms with van der Waals surface area (Å²) in [6.07, 6.45) is -0.0991. The van der Waals surface area contributed by atoms with Crippen LogP contribution in [0.4, 0.5) is 23.2 Å². The molecule has 0 aliphatic heterocycles. The number of pyridine rings is 1. The van der Waals surface area contributed by atoms with Crippen molar-refractivity contribution >= 4 is 11.6 Å². The summed E-state index contributed by atoms with van der Waals surface area (Å²) in [5.41, 5.74) is 8.79. The monoisotopic (exact) mass is 397 g/mol. The lowest BCUT2D eigenvalue weighted by Crippen LogP contribution is -2.34. The zero-order valence-electron chi connectivity index (χ0n) is 14.8. The number of nitrogens with one attached hydrogen (secondary N) is 1. The summed E-state index contributed by atoms with van der Waals surface area (Å²) < 4.78 is 54.6. The lowest BCUT2D eigenvalue weighted by molar-refractivity contribution is -0.148. The third-order valence-corrected chi connectivity index (χ3v) is 4.52. The molecular weight excluding hydrogens is 378 g/mol. The molecule has 0 bridgehead atoms. The molecule has 2 aromatic rings. The van der Waals surface area contributed by atoms with Crippen LogP contribution < -0.4 is 15.8 Å². The second-order valence-electron chi connectivity index (χ2n) is 6.61. The van der Waals surface area contributed by atoms with Crippen molar-refractivity contribution in [3.63, 3.8) is 0 Å². The molecule has 0 fully saturated rings. The van der Waals surface area contributed by atoms with Gasteiger partial charge in [0.15, 0.2) is 6.61 Å². The number of ether oxygens (including phenoxy) is 1. The molecule has 1 atom stereocenters. The first-order valence-corrected chi connectivity index (χ1v) is 8.70. The molecule has 3 rings (SSSR count). The Morgan fingerprint density at radius 1 is 1.32 bits per heavy atom. The van der Waals surface area contributed by atoms with E-state index in [1.165, 1.54) is 12.1 Å². The molecule has 0 spiro atoms. The minimum Gasteiger partial charge on any atom is -0.471 e. The number of rotatable bonds is 6. The molecule has 1 unspecified atom stereocenters. The Morgan fingerprint density at radius 2 is 2.11 bits per heavy atom. The number of nitrogens with two attached hydrogens (primary N) is 1. The normalized spacial score (nSPS) is 16.5. The Labute approximate surface area is 158 Å². The number of halogens is 4. The Balaban J connectivity index is 1.63. The third kappa shape index (κ3) is 4.52. The van der Waals surface area contributed by atoms with Crippen LogP contribution in [0.5, 0.6) is 5.88 Å². The first-order chi connectivity index (χ1) is 13.3. The third-order valence-electron chi connectivity index (χ3n) is 4.52. The number of carbonyl (C=O) groups excluding carboxylic acids is 1. The molecule has 9 heteroatoms. The maximum Gasteiger partial charge on any atom is 0.340 e. The van der Waals surface area contributed by atoms with Gasteiger partial charge in [-0.05, 0) is 48.6 Å². The van der Waals surface area contributed by atoms with Crippen molar-refractivity contribution in [3.05, 3.63) is 53.2 Å². The number of alkyl halides is 4. The lowest BCUT2D eigenvalue weighted by Gasteiger charge is -2.26. The van der Waals surface area contributed by atoms with E-state index in [1.807, 2.05) is 12.1 Å². The summed E-state index contributed by atoms with van der Waals surface area (Å²) in [5, 5.41) is 2.92. The molecule has 1 aromatic heterocycles. The van der Waals surface area contributed by atoms with E-state index in [4.69, 9.17) is 5.73 Å². The van der Waals surface area contributed by atoms with Crippen LogP contribution in [-0.4, -0.2) is 29.8 Å². The highest BCUT2D eigenvalue weighted by molar-refractivity contribution is 5.94. The number of aryl methyl sites for hydroxylation is 1. The van der Waals surface area contributed by atoms with Gasteiger partial charge in [0, 0.05) is 18.0 Å². The van der Waals surface area contributed by atoms with Gasteiger partial charge in [-0.1, -0.05) is 6.07 Å². The summed E-state index contributed by atoms with van der Waals surface area (Å²) in [6.45, 7) is -1.49. The van der Waals surface area contributed by atoms with E-state index in [1.54, 1.807) is 6.07 Å². The molecule has 1 amide bonds. The maximum absolute atomic E-state index is 12.9. The zero-order valence-corrected chi connectivity index (χ0v) is 14.8. The molecule has 1 heterocycles. The number of benzene rings is 1. The minimum absolute atomic E-state index is 0.169. The topological polar surface area (TPSA) is 77.2 Å². The van der Waals surface area contributed by atoms with Crippen molar-refractivity contribution in [2.75, 3.05) is 12.3 Å². The largest absolute Gasteiger partial charge is 0.471 e. The van der Waals surface area contributed by atoms with Crippen LogP contribution in [0.2, 0.25) is 0 Å². The number of hydrogen-bond donors (Lipinski definition) is 2. The van der Waals surface area contributed by atoms with E-state index in [0.717, 1.165) is 36.6 Å². The smallest absolute Gasteiger partial charge is 0.340 e. The van der Waals surface area contributed by atoms with Crippen LogP contribution in [0.15, 0.2) is 36.5 Å². The Kier molecular flexibility index (Phi) is 5.71. The summed E-state index contributed by atoms with van der Waals surface area (Å²) in [4.78, 5) is 16.2. The summed E-state index contributed by atoms with van der Waals surface area (Å²) >= 11 is 0. The zero-order chi connectivity index (χ0) is 20.3. The van der Waals surface area contributed by atoms with E-state index in [2.05, 4.69) is 15.0 Å². The van der Waals surface area contributed by atoms with Gasteiger partial charge in [0.25, 0.3) is 5.91 Å². The predicted octanol–water partition coefficient (Wildman–Crippen LogP) is 3.75. The van der Waals surface area contributed by atoms with Gasteiger partial charge in [-0.3, -0.25) is 4.79 Å². The second-order valence-corrected chi connectivity index (χ2v) is 6.61. The van der Waals surface area contributed by atoms with Crippen molar-refractivity contribution in [2.24, 2.45) is 0 Å². The van der Waals surface area contributed by atoms with Crippen molar-refractivity contribution in [1.29, 1.82) is 0 Å². The number of anilines is 1. The fraction of sp³-hybridized carbons (Fsp3) is 0.368. The van der Waals surface area contributed by atoms with Crippen molar-refractivity contribution in [3.8, 4) is 5.88 Å². The molecule has 1 aliphatic carbocycles. The van der Waals surface area contributed by atoms with Crippen molar-refractivity contribution in [1.82, 2.24) is 10.3 Å². The molecule has 28 heavy (non-hydrogen) atoms. The Morgan fingerprint density at radius 3 is 2.79 bits per heavy atom. The average molecular weight is 397 g/mol. The lowest BCUT2D eigenvalue weighted by atomic mass is 9.87. The number of nitrogens with zero attached hydrogens (tertiary/aromatic N) is 1. The van der Waals surface area contributed by atoms with E-state index in [0.29, 0.717) is 5.69 Å². The molecular formula is C19H19F4N3O2. The number of carbonyl (C=O) groups is 1. The van der Waals surface area contributed by atoms with Crippen LogP contribution in [0.3, 0.4) is 0 Å². The van der Waals surface area contributed by atoms with E-state index in [-0.39, 0.29) is 23.4 Å². The first-order valence-electron chi connectivity index (χ1n) is 8.70. The van der Waals surface area contributed by atoms with Gasteiger partial charge in [-0.15, -0.1) is 0 Å². The molecule has 5 nitrogen and oxygen atoms in total. The minimum atomic E-state index is -4.27. The van der Waals surface area contributed by atoms with Gasteiger partial charge in [-0.25, -0.2) is 13.8 Å². The average Bonchev–Trinajstić information content (AvgIpc) is 2.66. The van der Waals surface area contributed by atoms with Gasteiger partial charge in [-0.2, -0.15) is 8.78 Å². The Bertz CT molecular complexity index is 844. The fourth-order valence-electron chi connectivity index (χ4n) is 3.06. The molecule has 0 saturated carbocycles. The number of aromatic nitrogens is 1. The molecule has 0 radical (unpaired) electrons. The van der Waals surface area contributed by atoms with Crippen molar-refractivity contribution < 1.29 is 27.1 Å². The predicted molar refractivity (Wildman–Crippen MR) is 94.7 cm³/mol. The van der Waals surface area contributed by atoms with E-state index >= 15 is 0 Å². The molecule has 0 saturated heterocycles. The highest BCUT2D eigenvalue weighted by atomic mass is 19.3. The van der Waals surface area contributed by atoms with Crippen LogP contribution in [0, 0.1) is 0 Å². The van der Waals surface area contributed by atoms with Crippen molar-refractivity contribution in [2.45, 2.75) is 37.7 Å². The van der Waals surface area contributed by atoms with Crippen LogP contribution in [-0.2, 0) is 6.42 Å². The summed E-state index contributed by atoms with van der Waals surface area (Å²) in [6, 6.07) is 7.93. The SMILES string of the molecule is Nc1ccc2c(c1)CCCC2NC(=O)c1ccc(OCC(F)(F)C(F)F)nc1. The molecule has 1 aliphatic rings. The van der Waals surface area contributed by atoms with E-state index < -0.39 is 19.0 Å². The van der Waals surface area contributed by atoms with Crippen LogP contribution >= 0.6 is 0 Å². The highest BCUT2D eigenvalue weighted by Gasteiger charge is 2.41. The number of amides is 1. The highest BCUT2D eigenvalue weighted by Crippen LogP contribution is 2.31. The second kappa shape index (κ2) is 8.04. The molecule has 150 valence electrons. The van der Waals surface area contributed by atoms with Gasteiger partial charge in [0.1, 0.15) is 0 Å². The van der Waals surface area contributed by atoms with Gasteiger partial charge in [0.2, 0.25) is 5.88 Å². The van der Waals surface area contributed by atoms with E-state index in [9.17, 15) is 22.4 Å². The summed E-state index contributed by atoms with van der Waals surface area (Å²) in [7, 11) is 0. The molecule has 3 N–H and O–H groups in total. The quantitative estimate of drug-likeness (QED) is 0.575. The van der Waals surface area contributed by atoms with Crippen LogP contribution in [0.1, 0.15) is 40.4 Å². The fourth-order valence-corrected chi connectivity index (χ4v) is 3.06. The number of nitrogen functional groups attached to an aromatic ring is 1.